The monoisotopic (exact) mass is 414 g/mol. The number of anilines is 1. The third kappa shape index (κ3) is 5.38. The predicted octanol–water partition coefficient (Wildman–Crippen LogP) is 2.87. The predicted molar refractivity (Wildman–Crippen MR) is 116 cm³/mol. The first-order valence-electron chi connectivity index (χ1n) is 9.47. The van der Waals surface area contributed by atoms with Crippen LogP contribution >= 0.6 is 11.8 Å². The number of hydrogen-bond donors (Lipinski definition) is 2. The van der Waals surface area contributed by atoms with E-state index in [2.05, 4.69) is 39.5 Å². The van der Waals surface area contributed by atoms with Crippen molar-refractivity contribution in [3.63, 3.8) is 0 Å². The Morgan fingerprint density at radius 3 is 2.79 bits per heavy atom. The summed E-state index contributed by atoms with van der Waals surface area (Å²) >= 11 is 1.48. The van der Waals surface area contributed by atoms with Crippen LogP contribution in [0.15, 0.2) is 35.6 Å². The second-order valence-electron chi connectivity index (χ2n) is 6.87. The van der Waals surface area contributed by atoms with E-state index >= 15 is 0 Å². The van der Waals surface area contributed by atoms with Crippen molar-refractivity contribution in [3.05, 3.63) is 36.0 Å². The second-order valence-corrected chi connectivity index (χ2v) is 7.64. The van der Waals surface area contributed by atoms with Crippen molar-refractivity contribution in [2.75, 3.05) is 24.7 Å². The van der Waals surface area contributed by atoms with E-state index in [-0.39, 0.29) is 18.6 Å². The van der Waals surface area contributed by atoms with Gasteiger partial charge >= 0.3 is 0 Å². The average molecular weight is 415 g/mol. The van der Waals surface area contributed by atoms with Crippen molar-refractivity contribution in [1.82, 2.24) is 25.1 Å². The van der Waals surface area contributed by atoms with Crippen LogP contribution in [-0.2, 0) is 11.3 Å². The first-order valence-corrected chi connectivity index (χ1v) is 10.7. The van der Waals surface area contributed by atoms with Crippen molar-refractivity contribution in [2.45, 2.75) is 38.5 Å². The van der Waals surface area contributed by atoms with Gasteiger partial charge in [-0.1, -0.05) is 30.0 Å². The maximum absolute atomic E-state index is 12.1. The number of aryl methyl sites for hydroxylation is 1. The lowest BCUT2D eigenvalue weighted by molar-refractivity contribution is -0.123. The largest absolute Gasteiger partial charge is 0.484 e. The van der Waals surface area contributed by atoms with Crippen LogP contribution < -0.4 is 15.4 Å². The van der Waals surface area contributed by atoms with Crippen LogP contribution in [0, 0.1) is 6.92 Å². The van der Waals surface area contributed by atoms with Crippen LogP contribution in [0.25, 0.3) is 11.0 Å². The Hall–Kier alpha value is -2.81. The van der Waals surface area contributed by atoms with Crippen LogP contribution in [0.3, 0.4) is 0 Å². The fourth-order valence-electron chi connectivity index (χ4n) is 2.79. The highest BCUT2D eigenvalue weighted by Gasteiger charge is 2.13. The van der Waals surface area contributed by atoms with Crippen LogP contribution in [0.2, 0.25) is 0 Å². The summed E-state index contributed by atoms with van der Waals surface area (Å²) in [4.78, 5) is 21.2. The van der Waals surface area contributed by atoms with Gasteiger partial charge < -0.3 is 15.4 Å². The molecule has 0 aliphatic carbocycles. The van der Waals surface area contributed by atoms with Gasteiger partial charge in [-0.05, 0) is 38.7 Å². The Morgan fingerprint density at radius 2 is 2.07 bits per heavy atom. The first-order chi connectivity index (χ1) is 14.0. The maximum Gasteiger partial charge on any atom is 0.258 e. The number of carbonyl (C=O) groups excluding carboxylic acids is 1. The highest BCUT2D eigenvalue weighted by Crippen LogP contribution is 2.23. The lowest BCUT2D eigenvalue weighted by Crippen LogP contribution is -2.31. The molecule has 0 aliphatic rings. The third-order valence-electron chi connectivity index (χ3n) is 4.18. The van der Waals surface area contributed by atoms with E-state index in [4.69, 9.17) is 4.74 Å². The fourth-order valence-corrected chi connectivity index (χ4v) is 3.15. The van der Waals surface area contributed by atoms with Gasteiger partial charge in [0.25, 0.3) is 5.91 Å². The van der Waals surface area contributed by atoms with Gasteiger partial charge in [0.1, 0.15) is 11.6 Å². The number of ether oxygens (including phenoxy) is 1. The molecule has 154 valence electrons. The molecule has 2 N–H and O–H groups in total. The van der Waals surface area contributed by atoms with Gasteiger partial charge in [-0.15, -0.1) is 0 Å². The second kappa shape index (κ2) is 9.60. The SMILES string of the molecule is CSc1nc(NC(C)C)c2cnn(CCNC(=O)COc3ccccc3C)c2n1. The molecule has 1 aromatic carbocycles. The average Bonchev–Trinajstić information content (AvgIpc) is 3.10. The summed E-state index contributed by atoms with van der Waals surface area (Å²) in [7, 11) is 0. The van der Waals surface area contributed by atoms with Crippen LogP contribution in [0.1, 0.15) is 19.4 Å². The zero-order chi connectivity index (χ0) is 20.8. The summed E-state index contributed by atoms with van der Waals surface area (Å²) in [5, 5.41) is 12.2. The molecular formula is C20H26N6O2S. The molecule has 0 radical (unpaired) electrons. The van der Waals surface area contributed by atoms with Crippen molar-refractivity contribution < 1.29 is 9.53 Å². The number of carbonyl (C=O) groups is 1. The molecule has 3 aromatic rings. The van der Waals surface area contributed by atoms with Crippen LogP contribution in [0.4, 0.5) is 5.82 Å². The van der Waals surface area contributed by atoms with Crippen LogP contribution in [0.5, 0.6) is 5.75 Å². The zero-order valence-corrected chi connectivity index (χ0v) is 17.9. The minimum atomic E-state index is -0.175. The molecule has 2 aromatic heterocycles. The number of para-hydroxylation sites is 1. The Balaban J connectivity index is 1.60. The zero-order valence-electron chi connectivity index (χ0n) is 17.1. The van der Waals surface area contributed by atoms with E-state index in [1.807, 2.05) is 37.4 Å². The minimum Gasteiger partial charge on any atom is -0.484 e. The van der Waals surface area contributed by atoms with Crippen molar-refractivity contribution in [1.29, 1.82) is 0 Å². The standard InChI is InChI=1S/C20H26N6O2S/c1-13(2)23-18-15-11-22-26(19(15)25-20(24-18)29-4)10-9-21-17(27)12-28-16-8-6-5-7-14(16)3/h5-8,11,13H,9-10,12H2,1-4H3,(H,21,27)(H,23,24,25). The summed E-state index contributed by atoms with van der Waals surface area (Å²) in [5.74, 6) is 1.31. The number of nitrogens with zero attached hydrogens (tertiary/aromatic N) is 4. The smallest absolute Gasteiger partial charge is 0.258 e. The number of nitrogens with one attached hydrogen (secondary N) is 2. The molecule has 0 atom stereocenters. The van der Waals surface area contributed by atoms with E-state index in [0.29, 0.717) is 24.0 Å². The number of amides is 1. The minimum absolute atomic E-state index is 0.0219. The van der Waals surface area contributed by atoms with Crippen molar-refractivity contribution >= 4 is 34.5 Å². The fraction of sp³-hybridized carbons (Fsp3) is 0.400. The lowest BCUT2D eigenvalue weighted by Gasteiger charge is -2.11. The molecule has 0 saturated heterocycles. The highest BCUT2D eigenvalue weighted by molar-refractivity contribution is 7.98. The highest BCUT2D eigenvalue weighted by atomic mass is 32.2. The van der Waals surface area contributed by atoms with E-state index in [1.54, 1.807) is 10.9 Å². The van der Waals surface area contributed by atoms with Crippen molar-refractivity contribution in [2.24, 2.45) is 0 Å². The molecule has 8 nitrogen and oxygen atoms in total. The number of aromatic nitrogens is 4. The van der Waals surface area contributed by atoms with Gasteiger partial charge in [0, 0.05) is 12.6 Å². The lowest BCUT2D eigenvalue weighted by atomic mass is 10.2. The molecular weight excluding hydrogens is 388 g/mol. The number of benzene rings is 1. The van der Waals surface area contributed by atoms with Gasteiger partial charge in [0.2, 0.25) is 0 Å². The van der Waals surface area contributed by atoms with Crippen molar-refractivity contribution in [3.8, 4) is 5.75 Å². The van der Waals surface area contributed by atoms with E-state index < -0.39 is 0 Å². The first kappa shape index (κ1) is 20.9. The van der Waals surface area contributed by atoms with Gasteiger partial charge in [-0.25, -0.2) is 14.6 Å². The number of rotatable bonds is 9. The Kier molecular flexibility index (Phi) is 6.92. The summed E-state index contributed by atoms with van der Waals surface area (Å²) < 4.78 is 7.36. The Bertz CT molecular complexity index is 988. The molecule has 0 aliphatic heterocycles. The number of fused-ring (bicyclic) bond motifs is 1. The number of thioether (sulfide) groups is 1. The summed E-state index contributed by atoms with van der Waals surface area (Å²) in [5.41, 5.74) is 1.75. The van der Waals surface area contributed by atoms with E-state index in [0.717, 1.165) is 22.4 Å². The molecule has 3 rings (SSSR count). The summed E-state index contributed by atoms with van der Waals surface area (Å²) in [6.45, 7) is 6.98. The molecule has 0 bridgehead atoms. The summed E-state index contributed by atoms with van der Waals surface area (Å²) in [6, 6.07) is 7.87. The Labute approximate surface area is 174 Å². The summed E-state index contributed by atoms with van der Waals surface area (Å²) in [6.07, 6.45) is 3.70. The number of hydrogen-bond acceptors (Lipinski definition) is 7. The maximum atomic E-state index is 12.1. The van der Waals surface area contributed by atoms with Gasteiger partial charge in [0.05, 0.1) is 18.1 Å². The molecule has 2 heterocycles. The molecule has 0 spiro atoms. The molecule has 9 heteroatoms. The molecule has 0 unspecified atom stereocenters. The topological polar surface area (TPSA) is 94.0 Å². The van der Waals surface area contributed by atoms with E-state index in [1.165, 1.54) is 11.8 Å². The van der Waals surface area contributed by atoms with Gasteiger partial charge in [-0.3, -0.25) is 4.79 Å². The Morgan fingerprint density at radius 1 is 1.28 bits per heavy atom. The quantitative estimate of drug-likeness (QED) is 0.411. The van der Waals surface area contributed by atoms with Gasteiger partial charge in [0.15, 0.2) is 17.4 Å². The molecule has 1 amide bonds. The van der Waals surface area contributed by atoms with E-state index in [9.17, 15) is 4.79 Å². The third-order valence-corrected chi connectivity index (χ3v) is 4.73. The molecule has 29 heavy (non-hydrogen) atoms. The molecule has 0 fully saturated rings. The van der Waals surface area contributed by atoms with Crippen LogP contribution in [-0.4, -0.2) is 51.1 Å². The molecule has 0 saturated carbocycles. The normalized spacial score (nSPS) is 11.1. The van der Waals surface area contributed by atoms with Gasteiger partial charge in [-0.2, -0.15) is 5.10 Å².